The zero-order valence-corrected chi connectivity index (χ0v) is 67.0. The van der Waals surface area contributed by atoms with Crippen LogP contribution in [0.3, 0.4) is 0 Å². The third-order valence-electron chi connectivity index (χ3n) is 26.1. The Hall–Kier alpha value is -6.66. The fourth-order valence-electron chi connectivity index (χ4n) is 19.4. The van der Waals surface area contributed by atoms with Crippen molar-refractivity contribution >= 4 is 70.9 Å². The van der Waals surface area contributed by atoms with E-state index in [0.29, 0.717) is 75.5 Å². The molecule has 2 bridgehead atoms. The minimum atomic E-state index is -1.54. The average molecular weight is 1480 g/mol. The normalized spacial score (nSPS) is 33.2. The van der Waals surface area contributed by atoms with Gasteiger partial charge in [-0.15, -0.1) is 0 Å². The van der Waals surface area contributed by atoms with E-state index in [4.69, 9.17) is 4.74 Å². The number of amides is 12. The topological polar surface area (TPSA) is 279 Å². The van der Waals surface area contributed by atoms with Crippen LogP contribution in [0, 0.1) is 52.8 Å². The standard InChI is InChI=1S/C81H132N12O13/c1-16-24-61-71(97)83-69(51(5)17-2)77(103)92(57-36-37-57)47-68(96)88(13)62-27-20-19-23-40-91(76(62)102)65(42-54-30-28-50(4)29-31-54)75(101)86(11)46-66(94)82-60(39-33-53-32-38-59(52(6)41-53)55-34-35-55)73(99)93-45-58(106-18-3)43-63(93)72(98)84-81(48-80(7,8)49-81)79(105)90(15)70(56-25-21-22-26-56)78(104)89(14)64(74(100)85(9)10)44-67(95)87(61)12/h19-20,50-65,69-70H,16-18,21-49H2,1-15H3,(H,82,94)(H,83,97)(H,84,98)/b20-19-/t50?,51-,52?,53?,54?,58+,59?,60-,61-,62-,63-,64-,65-,69-,70-/m0/s1. The van der Waals surface area contributed by atoms with Gasteiger partial charge in [-0.25, -0.2) is 0 Å². The molecule has 8 fully saturated rings. The fraction of sp³-hybridized carbons (Fsp3) is 0.827. The number of carbonyl (C=O) groups is 12. The smallest absolute Gasteiger partial charge is 0.248 e. The Balaban J connectivity index is 1.10. The second-order valence-corrected chi connectivity index (χ2v) is 35.1. The molecule has 0 aromatic carbocycles. The van der Waals surface area contributed by atoms with E-state index in [1.807, 2.05) is 53.7 Å². The summed E-state index contributed by atoms with van der Waals surface area (Å²) >= 11 is 0. The number of likely N-dealkylation sites (N-methyl/N-ethyl adjacent to an activating group) is 6. The van der Waals surface area contributed by atoms with Crippen LogP contribution in [0.25, 0.3) is 0 Å². The highest BCUT2D eigenvalue weighted by Gasteiger charge is 2.59. The molecular formula is C81H132N12O13. The molecule has 3 unspecified atom stereocenters. The van der Waals surface area contributed by atoms with Gasteiger partial charge in [-0.1, -0.05) is 118 Å². The summed E-state index contributed by atoms with van der Waals surface area (Å²) in [5.41, 5.74) is -1.99. The fourth-order valence-corrected chi connectivity index (χ4v) is 19.4. The van der Waals surface area contributed by atoms with Crippen molar-refractivity contribution < 1.29 is 62.3 Å². The van der Waals surface area contributed by atoms with Gasteiger partial charge in [-0.3, -0.25) is 57.5 Å². The highest BCUT2D eigenvalue weighted by Crippen LogP contribution is 2.51. The molecule has 3 N–H and O–H groups in total. The molecule has 594 valence electrons. The lowest BCUT2D eigenvalue weighted by molar-refractivity contribution is -0.161. The van der Waals surface area contributed by atoms with Crippen LogP contribution < -0.4 is 16.0 Å². The predicted molar refractivity (Wildman–Crippen MR) is 403 cm³/mol. The Morgan fingerprint density at radius 1 is 0.632 bits per heavy atom. The lowest BCUT2D eigenvalue weighted by Gasteiger charge is -2.54. The van der Waals surface area contributed by atoms with Gasteiger partial charge in [-0.2, -0.15) is 0 Å². The number of carbonyl (C=O) groups excluding carboxylic acids is 12. The van der Waals surface area contributed by atoms with Crippen molar-refractivity contribution in [3.8, 4) is 0 Å². The molecule has 9 aliphatic rings. The third kappa shape index (κ3) is 19.8. The monoisotopic (exact) mass is 1480 g/mol. The van der Waals surface area contributed by atoms with E-state index >= 15 is 47.9 Å². The number of hydrogen-bond donors (Lipinski definition) is 3. The first-order valence-corrected chi connectivity index (χ1v) is 40.8. The first kappa shape index (κ1) is 83.4. The van der Waals surface area contributed by atoms with Crippen molar-refractivity contribution in [1.29, 1.82) is 0 Å². The summed E-state index contributed by atoms with van der Waals surface area (Å²) < 4.78 is 6.23. The van der Waals surface area contributed by atoms with Gasteiger partial charge in [0.2, 0.25) is 70.9 Å². The number of ether oxygens (including phenoxy) is 1. The van der Waals surface area contributed by atoms with Crippen molar-refractivity contribution in [2.45, 2.75) is 295 Å². The van der Waals surface area contributed by atoms with Crippen molar-refractivity contribution in [1.82, 2.24) is 60.0 Å². The van der Waals surface area contributed by atoms with Crippen LogP contribution in [0.2, 0.25) is 0 Å². The van der Waals surface area contributed by atoms with E-state index in [2.05, 4.69) is 29.8 Å². The molecule has 106 heavy (non-hydrogen) atoms. The first-order valence-electron chi connectivity index (χ1n) is 40.8. The Morgan fingerprint density at radius 2 is 1.30 bits per heavy atom. The molecule has 12 amide bonds. The third-order valence-corrected chi connectivity index (χ3v) is 26.1. The van der Waals surface area contributed by atoms with Crippen LogP contribution in [0.5, 0.6) is 0 Å². The summed E-state index contributed by atoms with van der Waals surface area (Å²) in [6.45, 7) is 15.6. The first-order chi connectivity index (χ1) is 50.2. The Labute approximate surface area is 632 Å². The second-order valence-electron chi connectivity index (χ2n) is 35.1. The Bertz CT molecular complexity index is 3190. The highest BCUT2D eigenvalue weighted by molar-refractivity contribution is 6.01. The van der Waals surface area contributed by atoms with E-state index in [-0.39, 0.29) is 82.0 Å². The van der Waals surface area contributed by atoms with E-state index in [9.17, 15) is 9.59 Å². The van der Waals surface area contributed by atoms with E-state index in [1.54, 1.807) is 26.0 Å². The molecule has 3 aliphatic heterocycles. The summed E-state index contributed by atoms with van der Waals surface area (Å²) in [5, 5.41) is 9.32. The predicted octanol–water partition coefficient (Wildman–Crippen LogP) is 6.93. The summed E-state index contributed by atoms with van der Waals surface area (Å²) in [4.78, 5) is 197. The lowest BCUT2D eigenvalue weighted by Crippen LogP contribution is -2.71. The minimum absolute atomic E-state index is 0.0195. The molecule has 1 spiro atoms. The number of nitrogens with zero attached hydrogens (tertiary/aromatic N) is 9. The van der Waals surface area contributed by atoms with Crippen LogP contribution in [-0.2, 0) is 62.3 Å². The average Bonchev–Trinajstić information content (AvgIpc) is 0.851. The van der Waals surface area contributed by atoms with Crippen molar-refractivity contribution in [2.75, 3.05) is 82.1 Å². The maximum Gasteiger partial charge on any atom is 0.248 e. The van der Waals surface area contributed by atoms with Crippen LogP contribution in [-0.4, -0.2) is 263 Å². The van der Waals surface area contributed by atoms with Gasteiger partial charge in [-0.05, 0) is 162 Å². The van der Waals surface area contributed by atoms with Gasteiger partial charge in [0.05, 0.1) is 19.1 Å². The second kappa shape index (κ2) is 36.2. The van der Waals surface area contributed by atoms with Gasteiger partial charge < -0.3 is 64.8 Å². The maximum absolute atomic E-state index is 15.9. The molecule has 0 aromatic heterocycles. The molecule has 25 nitrogen and oxygen atoms in total. The molecule has 3 heterocycles. The molecule has 6 saturated carbocycles. The lowest BCUT2D eigenvalue weighted by atomic mass is 9.58. The van der Waals surface area contributed by atoms with Gasteiger partial charge >= 0.3 is 0 Å². The van der Waals surface area contributed by atoms with Gasteiger partial charge in [0.15, 0.2) is 0 Å². The zero-order chi connectivity index (χ0) is 77.4. The number of fused-ring (bicyclic) bond motifs is 3. The SMILES string of the molecule is CCC[C@H]1C(=O)N[C@@H]([C@@H](C)CC)C(=O)N(C2CC2)CC(=O)N(C)[C@H]2C/C=C\CCN(C2=O)[C@@H](CC2CCC(C)CC2)C(=O)N(C)CC(=O)N[C@@H](CCC2CCC(C3CC3)C(C)C2)C(=O)N2C[C@H](OCC)C[C@H]2C(=O)NC2(CC(C)(C)C2)C(=O)N(C)[C@@H](C2CCCC2)C(=O)N(C)[C@H](C(=O)N(C)C)CC(=O)N1C. The van der Waals surface area contributed by atoms with Crippen LogP contribution in [0.1, 0.15) is 229 Å². The molecule has 13 atom stereocenters. The molecule has 2 saturated heterocycles. The molecule has 25 heteroatoms. The number of hydrogen-bond acceptors (Lipinski definition) is 13. The van der Waals surface area contributed by atoms with Crippen LogP contribution >= 0.6 is 0 Å². The highest BCUT2D eigenvalue weighted by atomic mass is 16.5. The van der Waals surface area contributed by atoms with Crippen molar-refractivity contribution in [2.24, 2.45) is 52.8 Å². The molecule has 9 rings (SSSR count). The quantitative estimate of drug-likeness (QED) is 0.141. The zero-order valence-electron chi connectivity index (χ0n) is 67.0. The van der Waals surface area contributed by atoms with E-state index in [1.165, 1.54) is 80.2 Å². The maximum atomic E-state index is 15.9. The molecule has 6 aliphatic carbocycles. The minimum Gasteiger partial charge on any atom is -0.377 e. The van der Waals surface area contributed by atoms with Crippen molar-refractivity contribution in [3.05, 3.63) is 12.2 Å². The van der Waals surface area contributed by atoms with Crippen LogP contribution in [0.15, 0.2) is 12.2 Å². The number of rotatable bonds is 15. The summed E-state index contributed by atoms with van der Waals surface area (Å²) in [6.07, 6.45) is 19.1. The Morgan fingerprint density at radius 3 is 1.91 bits per heavy atom. The summed E-state index contributed by atoms with van der Waals surface area (Å²) in [7, 11) is 10.6. The van der Waals surface area contributed by atoms with Gasteiger partial charge in [0, 0.05) is 81.5 Å². The summed E-state index contributed by atoms with van der Waals surface area (Å²) in [6, 6.07) is -9.55. The molecule has 0 radical (unpaired) electrons. The molecule has 0 aromatic rings. The summed E-state index contributed by atoms with van der Waals surface area (Å²) in [5.74, 6) is -4.55. The van der Waals surface area contributed by atoms with Gasteiger partial charge in [0.25, 0.3) is 0 Å². The van der Waals surface area contributed by atoms with Crippen LogP contribution in [0.4, 0.5) is 0 Å². The molecular weight excluding hydrogens is 1350 g/mol. The number of nitrogens with one attached hydrogen (secondary N) is 3. The van der Waals surface area contributed by atoms with E-state index < -0.39 is 162 Å². The van der Waals surface area contributed by atoms with Gasteiger partial charge in [0.1, 0.15) is 60.4 Å². The van der Waals surface area contributed by atoms with E-state index in [0.717, 1.165) is 63.7 Å². The Kier molecular flexibility index (Phi) is 28.5. The van der Waals surface area contributed by atoms with Crippen molar-refractivity contribution in [3.63, 3.8) is 0 Å². The largest absolute Gasteiger partial charge is 0.377 e.